The number of halogens is 2. The fourth-order valence-electron chi connectivity index (χ4n) is 2.82. The Hall–Kier alpha value is -2.66. The van der Waals surface area contributed by atoms with Crippen LogP contribution >= 0.6 is 11.6 Å². The highest BCUT2D eigenvalue weighted by Crippen LogP contribution is 2.21. The molecule has 0 unspecified atom stereocenters. The molecule has 0 saturated heterocycles. The van der Waals surface area contributed by atoms with Gasteiger partial charge in [-0.05, 0) is 31.2 Å². The Balaban J connectivity index is 1.75. The van der Waals surface area contributed by atoms with Crippen molar-refractivity contribution in [2.75, 3.05) is 0 Å². The average Bonchev–Trinajstić information content (AvgIpc) is 3.14. The first-order valence-corrected chi connectivity index (χ1v) is 7.90. The smallest absolute Gasteiger partial charge is 0.140 e. The number of hydrogen-bond acceptors (Lipinski definition) is 2. The van der Waals surface area contributed by atoms with Gasteiger partial charge in [0.2, 0.25) is 0 Å². The van der Waals surface area contributed by atoms with Crippen LogP contribution in [0.3, 0.4) is 0 Å². The predicted octanol–water partition coefficient (Wildman–Crippen LogP) is 4.35. The van der Waals surface area contributed by atoms with Crippen LogP contribution in [0, 0.1) is 12.7 Å². The molecule has 0 saturated carbocycles. The Morgan fingerprint density at radius 2 is 2.08 bits per heavy atom. The zero-order chi connectivity index (χ0) is 16.7. The van der Waals surface area contributed by atoms with Gasteiger partial charge in [0, 0.05) is 29.8 Å². The van der Waals surface area contributed by atoms with E-state index < -0.39 is 0 Å². The molecule has 0 aliphatic heterocycles. The van der Waals surface area contributed by atoms with Crippen molar-refractivity contribution in [1.82, 2.24) is 18.9 Å². The molecule has 24 heavy (non-hydrogen) atoms. The van der Waals surface area contributed by atoms with Gasteiger partial charge in [-0.15, -0.1) is 0 Å². The lowest BCUT2D eigenvalue weighted by Crippen LogP contribution is -2.03. The number of rotatable bonds is 3. The molecule has 6 heteroatoms. The van der Waals surface area contributed by atoms with Crippen LogP contribution in [0.1, 0.15) is 11.4 Å². The van der Waals surface area contributed by atoms with Crippen LogP contribution in [0.15, 0.2) is 55.0 Å². The number of imidazole rings is 2. The van der Waals surface area contributed by atoms with E-state index in [1.807, 2.05) is 46.5 Å². The second-order valence-corrected chi connectivity index (χ2v) is 6.04. The molecule has 120 valence electrons. The van der Waals surface area contributed by atoms with Crippen LogP contribution < -0.4 is 0 Å². The van der Waals surface area contributed by atoms with Crippen molar-refractivity contribution in [3.63, 3.8) is 0 Å². The lowest BCUT2D eigenvalue weighted by Gasteiger charge is -2.07. The largest absolute Gasteiger partial charge is 0.325 e. The number of fused-ring (bicyclic) bond motifs is 1. The summed E-state index contributed by atoms with van der Waals surface area (Å²) in [5.74, 6) is 0.435. The van der Waals surface area contributed by atoms with E-state index in [1.165, 1.54) is 12.1 Å². The number of benzene rings is 1. The van der Waals surface area contributed by atoms with Crippen LogP contribution in [-0.2, 0) is 6.54 Å². The molecule has 1 aromatic carbocycles. The minimum Gasteiger partial charge on any atom is -0.325 e. The van der Waals surface area contributed by atoms with Gasteiger partial charge in [-0.25, -0.2) is 14.4 Å². The highest BCUT2D eigenvalue weighted by Gasteiger charge is 2.12. The van der Waals surface area contributed by atoms with Gasteiger partial charge in [0.1, 0.15) is 17.3 Å². The fourth-order valence-corrected chi connectivity index (χ4v) is 2.98. The molecule has 4 rings (SSSR count). The predicted molar refractivity (Wildman–Crippen MR) is 91.7 cm³/mol. The van der Waals surface area contributed by atoms with Crippen molar-refractivity contribution in [3.8, 4) is 11.4 Å². The van der Waals surface area contributed by atoms with Crippen LogP contribution in [-0.4, -0.2) is 18.9 Å². The van der Waals surface area contributed by atoms with Crippen molar-refractivity contribution in [1.29, 1.82) is 0 Å². The molecule has 0 N–H and O–H groups in total. The molecule has 0 atom stereocenters. The third-order valence-corrected chi connectivity index (χ3v) is 4.26. The van der Waals surface area contributed by atoms with E-state index in [-0.39, 0.29) is 5.82 Å². The Morgan fingerprint density at radius 3 is 2.92 bits per heavy atom. The molecule has 0 aliphatic carbocycles. The fraction of sp³-hybridized carbons (Fsp3) is 0.111. The Morgan fingerprint density at radius 1 is 1.21 bits per heavy atom. The molecule has 4 aromatic rings. The summed E-state index contributed by atoms with van der Waals surface area (Å²) in [4.78, 5) is 9.02. The summed E-state index contributed by atoms with van der Waals surface area (Å²) in [5.41, 5.74) is 3.53. The number of aryl methyl sites for hydroxylation is 1. The number of aromatic nitrogens is 4. The maximum Gasteiger partial charge on any atom is 0.140 e. The molecule has 4 nitrogen and oxygen atoms in total. The topological polar surface area (TPSA) is 35.1 Å². The standard InChI is InChI=1S/C18H14ClFN4/c1-12-16(22-17-6-5-14(19)10-24(12)17)11-23-8-7-21-18(23)13-3-2-4-15(20)9-13/h2-10H,11H2,1H3. The van der Waals surface area contributed by atoms with Crippen molar-refractivity contribution in [2.24, 2.45) is 0 Å². The second kappa shape index (κ2) is 5.76. The van der Waals surface area contributed by atoms with E-state index in [1.54, 1.807) is 12.3 Å². The first kappa shape index (κ1) is 14.9. The summed E-state index contributed by atoms with van der Waals surface area (Å²) in [7, 11) is 0. The Kier molecular flexibility index (Phi) is 3.58. The lowest BCUT2D eigenvalue weighted by atomic mass is 10.2. The van der Waals surface area contributed by atoms with E-state index in [9.17, 15) is 4.39 Å². The number of pyridine rings is 1. The molecule has 3 aromatic heterocycles. The molecular formula is C18H14ClFN4. The molecule has 0 radical (unpaired) electrons. The summed E-state index contributed by atoms with van der Waals surface area (Å²) in [5, 5.41) is 0.664. The van der Waals surface area contributed by atoms with Gasteiger partial charge in [-0.1, -0.05) is 23.7 Å². The first-order chi connectivity index (χ1) is 11.6. The van der Waals surface area contributed by atoms with E-state index in [4.69, 9.17) is 11.6 Å². The quantitative estimate of drug-likeness (QED) is 0.556. The van der Waals surface area contributed by atoms with Gasteiger partial charge in [-0.3, -0.25) is 0 Å². The molecule has 0 bridgehead atoms. The molecule has 0 spiro atoms. The third kappa shape index (κ3) is 2.57. The number of hydrogen-bond donors (Lipinski definition) is 0. The van der Waals surface area contributed by atoms with Crippen molar-refractivity contribution in [3.05, 3.63) is 77.2 Å². The maximum absolute atomic E-state index is 13.5. The summed E-state index contributed by atoms with van der Waals surface area (Å²) in [6.45, 7) is 2.56. The van der Waals surface area contributed by atoms with Crippen LogP contribution in [0.5, 0.6) is 0 Å². The van der Waals surface area contributed by atoms with Gasteiger partial charge in [0.25, 0.3) is 0 Å². The molecule has 3 heterocycles. The maximum atomic E-state index is 13.5. The summed E-state index contributed by atoms with van der Waals surface area (Å²) >= 11 is 6.06. The van der Waals surface area contributed by atoms with E-state index in [0.717, 1.165) is 22.6 Å². The van der Waals surface area contributed by atoms with Gasteiger partial charge in [-0.2, -0.15) is 0 Å². The monoisotopic (exact) mass is 340 g/mol. The second-order valence-electron chi connectivity index (χ2n) is 5.61. The van der Waals surface area contributed by atoms with Crippen molar-refractivity contribution in [2.45, 2.75) is 13.5 Å². The lowest BCUT2D eigenvalue weighted by molar-refractivity contribution is 0.628. The van der Waals surface area contributed by atoms with E-state index in [2.05, 4.69) is 9.97 Å². The Bertz CT molecular complexity index is 1030. The molecule has 0 fully saturated rings. The average molecular weight is 341 g/mol. The van der Waals surface area contributed by atoms with E-state index in [0.29, 0.717) is 17.4 Å². The molecular weight excluding hydrogens is 327 g/mol. The third-order valence-electron chi connectivity index (χ3n) is 4.04. The van der Waals surface area contributed by atoms with Crippen LogP contribution in [0.4, 0.5) is 4.39 Å². The SMILES string of the molecule is Cc1c(Cn2ccnc2-c2cccc(F)c2)nc2ccc(Cl)cn12. The van der Waals surface area contributed by atoms with Crippen molar-refractivity contribution >= 4 is 17.2 Å². The van der Waals surface area contributed by atoms with Crippen LogP contribution in [0.2, 0.25) is 5.02 Å². The normalized spacial score (nSPS) is 11.3. The minimum atomic E-state index is -0.277. The zero-order valence-corrected chi connectivity index (χ0v) is 13.7. The highest BCUT2D eigenvalue weighted by molar-refractivity contribution is 6.30. The van der Waals surface area contributed by atoms with Gasteiger partial charge < -0.3 is 8.97 Å². The Labute approximate surface area is 143 Å². The van der Waals surface area contributed by atoms with Gasteiger partial charge in [0.05, 0.1) is 17.3 Å². The molecule has 0 aliphatic rings. The number of nitrogens with zero attached hydrogens (tertiary/aromatic N) is 4. The zero-order valence-electron chi connectivity index (χ0n) is 12.9. The summed E-state index contributed by atoms with van der Waals surface area (Å²) in [6, 6.07) is 10.1. The van der Waals surface area contributed by atoms with Crippen molar-refractivity contribution < 1.29 is 4.39 Å². The minimum absolute atomic E-state index is 0.277. The van der Waals surface area contributed by atoms with Gasteiger partial charge in [0.15, 0.2) is 0 Å². The van der Waals surface area contributed by atoms with E-state index >= 15 is 0 Å². The van der Waals surface area contributed by atoms with Gasteiger partial charge >= 0.3 is 0 Å². The highest BCUT2D eigenvalue weighted by atomic mass is 35.5. The summed E-state index contributed by atoms with van der Waals surface area (Å²) < 4.78 is 17.4. The molecule has 0 amide bonds. The summed E-state index contributed by atoms with van der Waals surface area (Å²) in [6.07, 6.45) is 5.43. The van der Waals surface area contributed by atoms with Crippen LogP contribution in [0.25, 0.3) is 17.0 Å². The first-order valence-electron chi connectivity index (χ1n) is 7.52.